The molecule has 1 aliphatic rings. The Balaban J connectivity index is 1.78. The van der Waals surface area contributed by atoms with Gasteiger partial charge in [0.15, 0.2) is 0 Å². The first-order chi connectivity index (χ1) is 9.99. The summed E-state index contributed by atoms with van der Waals surface area (Å²) in [4.78, 5) is 13.6. The molecule has 1 saturated heterocycles. The number of aldehydes is 1. The maximum absolute atomic E-state index is 12.6. The Hall–Kier alpha value is -1.01. The highest BCUT2D eigenvalue weighted by atomic mass is 32.2. The molecule has 0 radical (unpaired) electrons. The molecule has 0 saturated carbocycles. The van der Waals surface area contributed by atoms with Crippen LogP contribution >= 0.6 is 11.8 Å². The van der Waals surface area contributed by atoms with Gasteiger partial charge in [-0.3, -0.25) is 0 Å². The van der Waals surface area contributed by atoms with Crippen molar-refractivity contribution in [3.8, 4) is 0 Å². The zero-order valence-electron chi connectivity index (χ0n) is 11.6. The Morgan fingerprint density at radius 2 is 2.00 bits per heavy atom. The molecule has 0 atom stereocenters. The van der Waals surface area contributed by atoms with Crippen LogP contribution in [0.4, 0.5) is 13.2 Å². The average molecular weight is 317 g/mol. The zero-order chi connectivity index (χ0) is 15.3. The highest BCUT2D eigenvalue weighted by Crippen LogP contribution is 2.31. The van der Waals surface area contributed by atoms with E-state index in [0.717, 1.165) is 50.6 Å². The van der Waals surface area contributed by atoms with Gasteiger partial charge in [-0.2, -0.15) is 13.2 Å². The smallest absolute Gasteiger partial charge is 0.303 e. The number of carbonyl (C=O) groups is 1. The first kappa shape index (κ1) is 16.4. The zero-order valence-corrected chi connectivity index (χ0v) is 12.4. The summed E-state index contributed by atoms with van der Waals surface area (Å²) >= 11 is 1.44. The maximum Gasteiger partial charge on any atom is 0.416 e. The molecule has 1 fully saturated rings. The third kappa shape index (κ3) is 5.04. The second-order valence-electron chi connectivity index (χ2n) is 5.19. The third-order valence-corrected chi connectivity index (χ3v) is 4.64. The standard InChI is InChI=1S/C15H18F3NOS/c16-15(17,18)13-2-1-3-14(10-13)21-9-8-19-6-4-12(11-20)5-7-19/h1-3,10-12H,4-9H2. The van der Waals surface area contributed by atoms with Gasteiger partial charge in [0.1, 0.15) is 6.29 Å². The number of halogens is 3. The normalized spacial score (nSPS) is 17.9. The van der Waals surface area contributed by atoms with Crippen LogP contribution in [-0.2, 0) is 11.0 Å². The van der Waals surface area contributed by atoms with E-state index in [1.54, 1.807) is 6.07 Å². The summed E-state index contributed by atoms with van der Waals surface area (Å²) in [5, 5.41) is 0. The van der Waals surface area contributed by atoms with Gasteiger partial charge < -0.3 is 9.69 Å². The minimum Gasteiger partial charge on any atom is -0.303 e. The van der Waals surface area contributed by atoms with Crippen LogP contribution in [0.15, 0.2) is 29.2 Å². The maximum atomic E-state index is 12.6. The fourth-order valence-electron chi connectivity index (χ4n) is 2.37. The summed E-state index contributed by atoms with van der Waals surface area (Å²) in [6.07, 6.45) is -1.49. The van der Waals surface area contributed by atoms with E-state index in [4.69, 9.17) is 0 Å². The molecule has 2 nitrogen and oxygen atoms in total. The van der Waals surface area contributed by atoms with Crippen molar-refractivity contribution >= 4 is 18.0 Å². The first-order valence-electron chi connectivity index (χ1n) is 6.97. The molecule has 0 N–H and O–H groups in total. The number of carbonyl (C=O) groups excluding carboxylic acids is 1. The molecule has 1 aliphatic heterocycles. The summed E-state index contributed by atoms with van der Waals surface area (Å²) in [7, 11) is 0. The average Bonchev–Trinajstić information content (AvgIpc) is 2.47. The number of rotatable bonds is 5. The third-order valence-electron chi connectivity index (χ3n) is 3.66. The lowest BCUT2D eigenvalue weighted by atomic mass is 9.99. The SMILES string of the molecule is O=CC1CCN(CCSc2cccc(C(F)(F)F)c2)CC1. The Labute approximate surface area is 126 Å². The minimum atomic E-state index is -4.28. The highest BCUT2D eigenvalue weighted by Gasteiger charge is 2.30. The van der Waals surface area contributed by atoms with Gasteiger partial charge in [-0.1, -0.05) is 6.07 Å². The number of benzene rings is 1. The van der Waals surface area contributed by atoms with Crippen LogP contribution in [0.25, 0.3) is 0 Å². The summed E-state index contributed by atoms with van der Waals surface area (Å²) in [6.45, 7) is 2.63. The summed E-state index contributed by atoms with van der Waals surface area (Å²) in [5.74, 6) is 0.935. The van der Waals surface area contributed by atoms with Crippen LogP contribution < -0.4 is 0 Å². The molecule has 0 amide bonds. The van der Waals surface area contributed by atoms with E-state index < -0.39 is 11.7 Å². The number of alkyl halides is 3. The Morgan fingerprint density at radius 3 is 2.62 bits per heavy atom. The number of piperidine rings is 1. The molecule has 0 bridgehead atoms. The monoisotopic (exact) mass is 317 g/mol. The van der Waals surface area contributed by atoms with E-state index in [9.17, 15) is 18.0 Å². The van der Waals surface area contributed by atoms with Gasteiger partial charge in [-0.15, -0.1) is 11.8 Å². The lowest BCUT2D eigenvalue weighted by Crippen LogP contribution is -2.35. The minimum absolute atomic E-state index is 0.178. The van der Waals surface area contributed by atoms with E-state index in [2.05, 4.69) is 4.90 Å². The molecule has 1 aromatic carbocycles. The second-order valence-corrected chi connectivity index (χ2v) is 6.36. The lowest BCUT2D eigenvalue weighted by molar-refractivity contribution is -0.137. The molecule has 21 heavy (non-hydrogen) atoms. The van der Waals surface area contributed by atoms with E-state index in [-0.39, 0.29) is 5.92 Å². The fourth-order valence-corrected chi connectivity index (χ4v) is 3.34. The van der Waals surface area contributed by atoms with E-state index in [1.807, 2.05) is 0 Å². The van der Waals surface area contributed by atoms with E-state index in [1.165, 1.54) is 23.9 Å². The lowest BCUT2D eigenvalue weighted by Gasteiger charge is -2.29. The summed E-state index contributed by atoms with van der Waals surface area (Å²) in [6, 6.07) is 5.44. The predicted molar refractivity (Wildman–Crippen MR) is 77.4 cm³/mol. The number of hydrogen-bond donors (Lipinski definition) is 0. The molecule has 0 spiro atoms. The molecule has 6 heteroatoms. The van der Waals surface area contributed by atoms with Crippen LogP contribution in [-0.4, -0.2) is 36.6 Å². The van der Waals surface area contributed by atoms with Gasteiger partial charge in [0.05, 0.1) is 5.56 Å². The largest absolute Gasteiger partial charge is 0.416 e. The molecule has 0 aromatic heterocycles. The molecule has 1 heterocycles. The summed E-state index contributed by atoms with van der Waals surface area (Å²) in [5.41, 5.74) is -0.598. The molecular weight excluding hydrogens is 299 g/mol. The predicted octanol–water partition coefficient (Wildman–Crippen LogP) is 3.71. The molecule has 1 aromatic rings. The van der Waals surface area contributed by atoms with Gasteiger partial charge in [0.2, 0.25) is 0 Å². The van der Waals surface area contributed by atoms with Gasteiger partial charge in [-0.05, 0) is 44.1 Å². The number of likely N-dealkylation sites (tertiary alicyclic amines) is 1. The van der Waals surface area contributed by atoms with Crippen molar-refractivity contribution < 1.29 is 18.0 Å². The Bertz CT molecular complexity index is 470. The number of hydrogen-bond acceptors (Lipinski definition) is 3. The van der Waals surface area contributed by atoms with Crippen molar-refractivity contribution in [2.24, 2.45) is 5.92 Å². The quantitative estimate of drug-likeness (QED) is 0.610. The van der Waals surface area contributed by atoms with Gasteiger partial charge in [-0.25, -0.2) is 0 Å². The highest BCUT2D eigenvalue weighted by molar-refractivity contribution is 7.99. The number of nitrogens with zero attached hydrogens (tertiary/aromatic N) is 1. The Kier molecular flexibility index (Phi) is 5.70. The molecule has 0 aliphatic carbocycles. The van der Waals surface area contributed by atoms with Crippen molar-refractivity contribution in [3.63, 3.8) is 0 Å². The Morgan fingerprint density at radius 1 is 1.29 bits per heavy atom. The molecule has 2 rings (SSSR count). The van der Waals surface area contributed by atoms with Crippen LogP contribution in [0.1, 0.15) is 18.4 Å². The van der Waals surface area contributed by atoms with Crippen molar-refractivity contribution in [1.82, 2.24) is 4.90 Å². The molecule has 0 unspecified atom stereocenters. The second kappa shape index (κ2) is 7.31. The number of thioether (sulfide) groups is 1. The van der Waals surface area contributed by atoms with Crippen molar-refractivity contribution in [2.45, 2.75) is 23.9 Å². The van der Waals surface area contributed by atoms with Crippen LogP contribution in [0.5, 0.6) is 0 Å². The van der Waals surface area contributed by atoms with E-state index in [0.29, 0.717) is 4.90 Å². The summed E-state index contributed by atoms with van der Waals surface area (Å²) < 4.78 is 37.8. The van der Waals surface area contributed by atoms with Gasteiger partial charge >= 0.3 is 6.18 Å². The topological polar surface area (TPSA) is 20.3 Å². The first-order valence-corrected chi connectivity index (χ1v) is 7.95. The molecular formula is C15H18F3NOS. The van der Waals surface area contributed by atoms with Crippen molar-refractivity contribution in [1.29, 1.82) is 0 Å². The van der Waals surface area contributed by atoms with Gasteiger partial charge in [0.25, 0.3) is 0 Å². The van der Waals surface area contributed by atoms with Crippen LogP contribution in [0, 0.1) is 5.92 Å². The van der Waals surface area contributed by atoms with Crippen LogP contribution in [0.3, 0.4) is 0 Å². The van der Waals surface area contributed by atoms with Crippen LogP contribution in [0.2, 0.25) is 0 Å². The van der Waals surface area contributed by atoms with Crippen molar-refractivity contribution in [3.05, 3.63) is 29.8 Å². The van der Waals surface area contributed by atoms with Gasteiger partial charge in [0, 0.05) is 23.1 Å². The fraction of sp³-hybridized carbons (Fsp3) is 0.533. The molecule has 116 valence electrons. The van der Waals surface area contributed by atoms with E-state index >= 15 is 0 Å². The van der Waals surface area contributed by atoms with Crippen molar-refractivity contribution in [2.75, 3.05) is 25.4 Å².